The molecular weight excluding hydrogens is 490 g/mol. The molecule has 5 nitrogen and oxygen atoms in total. The summed E-state index contributed by atoms with van der Waals surface area (Å²) in [5.74, 6) is 0. The lowest BCUT2D eigenvalue weighted by molar-refractivity contribution is -0.0209. The Morgan fingerprint density at radius 2 is 2.06 bits per heavy atom. The van der Waals surface area contributed by atoms with Crippen LogP contribution in [0.25, 0.3) is 5.70 Å². The van der Waals surface area contributed by atoms with Crippen LogP contribution in [0.1, 0.15) is 37.8 Å². The lowest BCUT2D eigenvalue weighted by atomic mass is 9.88. The smallest absolute Gasteiger partial charge is 0.285 e. The molecule has 2 heterocycles. The van der Waals surface area contributed by atoms with Gasteiger partial charge < -0.3 is 5.11 Å². The van der Waals surface area contributed by atoms with Crippen molar-refractivity contribution < 1.29 is 5.11 Å². The number of likely N-dealkylation sites (tertiary alicyclic amines) is 1. The second-order valence-corrected chi connectivity index (χ2v) is 9.53. The summed E-state index contributed by atoms with van der Waals surface area (Å²) in [7, 11) is 1.93. The maximum Gasteiger partial charge on any atom is 0.285 e. The fraction of sp³-hybridized carbons (Fsp3) is 0.400. The van der Waals surface area contributed by atoms with E-state index < -0.39 is 5.60 Å². The van der Waals surface area contributed by atoms with Crippen LogP contribution in [0.2, 0.25) is 0 Å². The van der Waals surface area contributed by atoms with Crippen LogP contribution < -0.4 is 5.56 Å². The van der Waals surface area contributed by atoms with Crippen molar-refractivity contribution in [3.8, 4) is 0 Å². The fourth-order valence-electron chi connectivity index (χ4n) is 4.03. The molecule has 0 bridgehead atoms. The molecule has 3 rings (SSSR count). The first-order valence-electron chi connectivity index (χ1n) is 10.9. The minimum atomic E-state index is -0.721. The van der Waals surface area contributed by atoms with E-state index in [1.807, 2.05) is 60.3 Å². The van der Waals surface area contributed by atoms with Gasteiger partial charge in [0.25, 0.3) is 5.56 Å². The molecule has 172 valence electrons. The monoisotopic (exact) mass is 519 g/mol. The topological polar surface area (TPSA) is 50.4 Å². The third-order valence-electron chi connectivity index (χ3n) is 5.98. The van der Waals surface area contributed by atoms with Gasteiger partial charge in [0.2, 0.25) is 0 Å². The van der Waals surface area contributed by atoms with E-state index >= 15 is 0 Å². The molecule has 0 saturated carbocycles. The summed E-state index contributed by atoms with van der Waals surface area (Å²) in [4.78, 5) is 15.2. The molecular formula is C25H31BrClN3O2. The number of nitrogens with zero attached hydrogens (tertiary/aromatic N) is 3. The molecule has 1 N–H and O–H groups in total. The van der Waals surface area contributed by atoms with E-state index in [9.17, 15) is 9.90 Å². The normalized spacial score (nSPS) is 19.4. The third kappa shape index (κ3) is 6.13. The van der Waals surface area contributed by atoms with Gasteiger partial charge in [0.15, 0.2) is 0 Å². The Morgan fingerprint density at radius 1 is 1.31 bits per heavy atom. The Balaban J connectivity index is 1.63. The van der Waals surface area contributed by atoms with Gasteiger partial charge in [-0.25, -0.2) is 4.68 Å². The Kier molecular flexibility index (Phi) is 8.77. The quantitative estimate of drug-likeness (QED) is 0.375. The number of rotatable bonds is 8. The van der Waals surface area contributed by atoms with Gasteiger partial charge in [-0.05, 0) is 53.8 Å². The molecule has 1 aromatic heterocycles. The number of aromatic nitrogens is 2. The van der Waals surface area contributed by atoms with E-state index in [1.54, 1.807) is 10.8 Å². The Hall–Kier alpha value is -1.86. The molecule has 1 fully saturated rings. The van der Waals surface area contributed by atoms with E-state index in [1.165, 1.54) is 0 Å². The Labute approximate surface area is 203 Å². The highest BCUT2D eigenvalue weighted by molar-refractivity contribution is 9.10. The van der Waals surface area contributed by atoms with Gasteiger partial charge in [-0.15, -0.1) is 6.58 Å². The number of hydrogen-bond donors (Lipinski definition) is 1. The largest absolute Gasteiger partial charge is 0.389 e. The number of hydrogen-bond acceptors (Lipinski definition) is 3. The van der Waals surface area contributed by atoms with E-state index in [0.717, 1.165) is 30.9 Å². The highest BCUT2D eigenvalue weighted by Gasteiger charge is 2.32. The van der Waals surface area contributed by atoms with Crippen molar-refractivity contribution in [3.05, 3.63) is 86.8 Å². The summed E-state index contributed by atoms with van der Waals surface area (Å²) in [6.45, 7) is 5.87. The number of piperidine rings is 1. The molecule has 7 heteroatoms. The first-order valence-corrected chi connectivity index (χ1v) is 12.1. The van der Waals surface area contributed by atoms with Crippen molar-refractivity contribution in [3.63, 3.8) is 0 Å². The van der Waals surface area contributed by atoms with Crippen LogP contribution in [0.3, 0.4) is 0 Å². The molecule has 0 aromatic carbocycles. The first kappa shape index (κ1) is 24.8. The minimum absolute atomic E-state index is 0.0440. The van der Waals surface area contributed by atoms with Crippen molar-refractivity contribution >= 4 is 33.2 Å². The molecule has 32 heavy (non-hydrogen) atoms. The van der Waals surface area contributed by atoms with Gasteiger partial charge in [0.1, 0.15) is 4.47 Å². The molecule has 0 spiro atoms. The number of aliphatic hydroxyl groups is 1. The number of allylic oxidation sites excluding steroid dienone is 10. The standard InChI is InChI=1S/C25H31BrClN3O2/c1-3-4-10-20(27)11-9-14-25(32)15-17-29(18-16-25)19-22-23(26)24(31)30(28(22)2)21-12-7-5-6-8-13-21/h3,5-12,32H,1,4,13-19H2,2H3/b11-9-,20-10+. The second kappa shape index (κ2) is 11.3. The minimum Gasteiger partial charge on any atom is -0.389 e. The highest BCUT2D eigenvalue weighted by atomic mass is 79.9. The van der Waals surface area contributed by atoms with Crippen LogP contribution in [0.4, 0.5) is 0 Å². The maximum atomic E-state index is 12.9. The summed E-state index contributed by atoms with van der Waals surface area (Å²) >= 11 is 9.66. The molecule has 0 atom stereocenters. The van der Waals surface area contributed by atoms with Gasteiger partial charge in [-0.2, -0.15) is 0 Å². The van der Waals surface area contributed by atoms with E-state index in [4.69, 9.17) is 11.6 Å². The van der Waals surface area contributed by atoms with Crippen LogP contribution in [0.15, 0.2) is 75.6 Å². The fourth-order valence-corrected chi connectivity index (χ4v) is 4.76. The van der Waals surface area contributed by atoms with Gasteiger partial charge >= 0.3 is 0 Å². The maximum absolute atomic E-state index is 12.9. The van der Waals surface area contributed by atoms with Crippen LogP contribution >= 0.6 is 27.5 Å². The van der Waals surface area contributed by atoms with Crippen molar-refractivity contribution in [2.75, 3.05) is 13.1 Å². The summed E-state index contributed by atoms with van der Waals surface area (Å²) < 4.78 is 4.27. The van der Waals surface area contributed by atoms with E-state index in [2.05, 4.69) is 27.4 Å². The number of halogens is 2. The highest BCUT2D eigenvalue weighted by Crippen LogP contribution is 2.28. The van der Waals surface area contributed by atoms with Gasteiger partial charge in [-0.3, -0.25) is 14.4 Å². The van der Waals surface area contributed by atoms with Crippen LogP contribution in [-0.4, -0.2) is 38.1 Å². The predicted molar refractivity (Wildman–Crippen MR) is 137 cm³/mol. The average molecular weight is 521 g/mol. The third-order valence-corrected chi connectivity index (χ3v) is 7.06. The Morgan fingerprint density at radius 3 is 2.78 bits per heavy atom. The predicted octanol–water partition coefficient (Wildman–Crippen LogP) is 5.28. The lowest BCUT2D eigenvalue weighted by Crippen LogP contribution is -2.44. The zero-order valence-electron chi connectivity index (χ0n) is 18.5. The van der Waals surface area contributed by atoms with Crippen LogP contribution in [-0.2, 0) is 13.6 Å². The molecule has 0 amide bonds. The van der Waals surface area contributed by atoms with Gasteiger partial charge in [0, 0.05) is 43.8 Å². The summed E-state index contributed by atoms with van der Waals surface area (Å²) in [5.41, 5.74) is 1.12. The zero-order chi connectivity index (χ0) is 23.1. The van der Waals surface area contributed by atoms with Crippen LogP contribution in [0.5, 0.6) is 0 Å². The van der Waals surface area contributed by atoms with Crippen LogP contribution in [0, 0.1) is 0 Å². The molecule has 1 aromatic rings. The zero-order valence-corrected chi connectivity index (χ0v) is 20.9. The van der Waals surface area contributed by atoms with E-state index in [0.29, 0.717) is 41.7 Å². The summed E-state index contributed by atoms with van der Waals surface area (Å²) in [5, 5.41) is 11.6. The first-order chi connectivity index (χ1) is 15.3. The lowest BCUT2D eigenvalue weighted by Gasteiger charge is -2.37. The summed E-state index contributed by atoms with van der Waals surface area (Å²) in [6.07, 6.45) is 20.8. The molecule has 0 unspecified atom stereocenters. The van der Waals surface area contributed by atoms with Crippen molar-refractivity contribution in [1.29, 1.82) is 0 Å². The van der Waals surface area contributed by atoms with Gasteiger partial charge in [-0.1, -0.05) is 54.1 Å². The molecule has 1 saturated heterocycles. The molecule has 1 aliphatic carbocycles. The molecule has 0 radical (unpaired) electrons. The van der Waals surface area contributed by atoms with Crippen molar-refractivity contribution in [2.24, 2.45) is 7.05 Å². The van der Waals surface area contributed by atoms with E-state index in [-0.39, 0.29) is 5.56 Å². The average Bonchev–Trinajstić information content (AvgIpc) is 2.96. The summed E-state index contributed by atoms with van der Waals surface area (Å²) in [6, 6.07) is 0. The van der Waals surface area contributed by atoms with Gasteiger partial charge in [0.05, 0.1) is 11.3 Å². The second-order valence-electron chi connectivity index (χ2n) is 8.30. The Bertz CT molecular complexity index is 1030. The molecule has 2 aliphatic rings. The SMILES string of the molecule is C=CC/C=C(Cl)\C=C/CC1(O)CCN(Cc2c(Br)c(=O)n(C3=CC=CC=CC3)n2C)CC1. The molecule has 1 aliphatic heterocycles. The van der Waals surface area contributed by atoms with Crippen molar-refractivity contribution in [1.82, 2.24) is 14.3 Å². The van der Waals surface area contributed by atoms with Crippen molar-refractivity contribution in [2.45, 2.75) is 44.2 Å².